The molecule has 29 heavy (non-hydrogen) atoms. The van der Waals surface area contributed by atoms with Gasteiger partial charge in [-0.3, -0.25) is 9.69 Å². The molecule has 0 bridgehead atoms. The van der Waals surface area contributed by atoms with E-state index in [9.17, 15) is 14.0 Å². The molecule has 1 aromatic carbocycles. The van der Waals surface area contributed by atoms with Gasteiger partial charge in [0.15, 0.2) is 6.30 Å². The van der Waals surface area contributed by atoms with Gasteiger partial charge in [0.25, 0.3) is 0 Å². The van der Waals surface area contributed by atoms with E-state index in [0.29, 0.717) is 11.4 Å². The van der Waals surface area contributed by atoms with Crippen molar-refractivity contribution in [2.24, 2.45) is 0 Å². The van der Waals surface area contributed by atoms with Crippen LogP contribution in [0, 0.1) is 0 Å². The van der Waals surface area contributed by atoms with Crippen LogP contribution in [-0.4, -0.2) is 59.0 Å². The Morgan fingerprint density at radius 1 is 1.28 bits per heavy atom. The minimum atomic E-state index is -2.03. The Morgan fingerprint density at radius 2 is 1.93 bits per heavy atom. The first-order valence-electron chi connectivity index (χ1n) is 9.15. The van der Waals surface area contributed by atoms with Crippen LogP contribution in [0.25, 0.3) is 0 Å². The molecule has 0 spiro atoms. The zero-order valence-corrected chi connectivity index (χ0v) is 15.7. The molecule has 2 aromatic rings. The van der Waals surface area contributed by atoms with E-state index in [1.807, 2.05) is 0 Å². The highest BCUT2D eigenvalue weighted by molar-refractivity contribution is 5.90. The summed E-state index contributed by atoms with van der Waals surface area (Å²) in [6.45, 7) is 1.67. The smallest absolute Gasteiger partial charge is 0.414 e. The first kappa shape index (κ1) is 19.1. The summed E-state index contributed by atoms with van der Waals surface area (Å²) < 4.78 is 34.8. The normalized spacial score (nSPS) is 26.7. The van der Waals surface area contributed by atoms with Crippen molar-refractivity contribution >= 4 is 23.4 Å². The van der Waals surface area contributed by atoms with Crippen LogP contribution in [0.3, 0.4) is 0 Å². The van der Waals surface area contributed by atoms with Crippen molar-refractivity contribution in [2.45, 2.75) is 31.5 Å². The van der Waals surface area contributed by atoms with Crippen LogP contribution in [0.1, 0.15) is 13.3 Å². The molecule has 11 heteroatoms. The van der Waals surface area contributed by atoms with Crippen LogP contribution >= 0.6 is 0 Å². The fourth-order valence-corrected chi connectivity index (χ4v) is 3.53. The van der Waals surface area contributed by atoms with Gasteiger partial charge >= 0.3 is 6.09 Å². The second-order valence-electron chi connectivity index (χ2n) is 7.07. The molecule has 2 saturated heterocycles. The summed E-state index contributed by atoms with van der Waals surface area (Å²) in [4.78, 5) is 26.7. The molecule has 0 radical (unpaired) electrons. The molecule has 2 aliphatic rings. The molecule has 2 unspecified atom stereocenters. The average molecular weight is 406 g/mol. The number of hydrogen-bond acceptors (Lipinski definition) is 6. The van der Waals surface area contributed by atoms with Crippen molar-refractivity contribution in [3.8, 4) is 0 Å². The molecule has 1 aromatic heterocycles. The third-order valence-corrected chi connectivity index (χ3v) is 4.95. The van der Waals surface area contributed by atoms with E-state index in [1.54, 1.807) is 24.3 Å². The Kier molecular flexibility index (Phi) is 4.81. The molecule has 3 heterocycles. The number of carbonyl (C=O) groups excluding carboxylic acids is 2. The fraction of sp³-hybridized carbons (Fsp3) is 0.444. The quantitative estimate of drug-likeness (QED) is 0.758. The summed E-state index contributed by atoms with van der Waals surface area (Å²) in [5, 5.41) is 10.2. The number of alkyl halides is 2. The van der Waals surface area contributed by atoms with Gasteiger partial charge in [0.05, 0.1) is 38.4 Å². The fourth-order valence-electron chi connectivity index (χ4n) is 3.53. The van der Waals surface area contributed by atoms with E-state index in [0.717, 1.165) is 4.80 Å². The van der Waals surface area contributed by atoms with Crippen molar-refractivity contribution in [3.63, 3.8) is 0 Å². The third-order valence-electron chi connectivity index (χ3n) is 4.95. The van der Waals surface area contributed by atoms with Crippen molar-refractivity contribution in [1.29, 1.82) is 0 Å². The highest BCUT2D eigenvalue weighted by Gasteiger charge is 2.48. The second kappa shape index (κ2) is 7.30. The Labute approximate surface area is 165 Å². The van der Waals surface area contributed by atoms with E-state index in [2.05, 4.69) is 15.5 Å². The van der Waals surface area contributed by atoms with E-state index in [1.165, 1.54) is 29.1 Å². The second-order valence-corrected chi connectivity index (χ2v) is 7.07. The third kappa shape index (κ3) is 3.71. The number of nitrogens with one attached hydrogen (secondary N) is 1. The topological polar surface area (TPSA) is 92.6 Å². The standard InChI is InChI=1S/C18H20F2N6O3/c1-12(27)21-9-15-10-24(17(28)29-15)13-2-4-14(5-3-13)25-11-18(20,8-16(25)19)26-22-6-7-23-26/h2-7,15-16H,8-11H2,1H3,(H,21,27)/t15-,16?,18?/m0/s1. The maximum absolute atomic E-state index is 15.1. The predicted molar refractivity (Wildman–Crippen MR) is 98.7 cm³/mol. The monoisotopic (exact) mass is 406 g/mol. The van der Waals surface area contributed by atoms with Crippen molar-refractivity contribution in [3.05, 3.63) is 36.7 Å². The summed E-state index contributed by atoms with van der Waals surface area (Å²) >= 11 is 0. The number of benzene rings is 1. The summed E-state index contributed by atoms with van der Waals surface area (Å²) in [5.74, 6) is -2.23. The first-order valence-corrected chi connectivity index (χ1v) is 9.15. The molecule has 154 valence electrons. The molecule has 9 nitrogen and oxygen atoms in total. The lowest BCUT2D eigenvalue weighted by atomic mass is 10.2. The molecular weight excluding hydrogens is 386 g/mol. The number of nitrogens with zero attached hydrogens (tertiary/aromatic N) is 5. The molecule has 0 saturated carbocycles. The van der Waals surface area contributed by atoms with Crippen LogP contribution in [0.15, 0.2) is 36.7 Å². The minimum Gasteiger partial charge on any atom is -0.442 e. The van der Waals surface area contributed by atoms with Gasteiger partial charge in [0.2, 0.25) is 11.7 Å². The van der Waals surface area contributed by atoms with Crippen LogP contribution in [0.5, 0.6) is 0 Å². The van der Waals surface area contributed by atoms with Gasteiger partial charge < -0.3 is 15.0 Å². The lowest BCUT2D eigenvalue weighted by Crippen LogP contribution is -2.34. The van der Waals surface area contributed by atoms with Gasteiger partial charge in [-0.2, -0.15) is 10.2 Å². The molecule has 4 rings (SSSR count). The number of anilines is 2. The number of cyclic esters (lactones) is 1. The molecule has 2 fully saturated rings. The lowest BCUT2D eigenvalue weighted by molar-refractivity contribution is -0.119. The van der Waals surface area contributed by atoms with Crippen LogP contribution in [-0.2, 0) is 15.3 Å². The van der Waals surface area contributed by atoms with Crippen molar-refractivity contribution in [2.75, 3.05) is 29.4 Å². The molecular formula is C18H20F2N6O3. The van der Waals surface area contributed by atoms with E-state index in [-0.39, 0.29) is 32.0 Å². The largest absolute Gasteiger partial charge is 0.442 e. The highest BCUT2D eigenvalue weighted by Crippen LogP contribution is 2.38. The van der Waals surface area contributed by atoms with Crippen LogP contribution < -0.4 is 15.1 Å². The number of aromatic nitrogens is 3. The molecule has 0 aliphatic carbocycles. The molecule has 1 N–H and O–H groups in total. The maximum Gasteiger partial charge on any atom is 0.414 e. The van der Waals surface area contributed by atoms with Crippen molar-refractivity contribution < 1.29 is 23.1 Å². The number of amides is 2. The zero-order chi connectivity index (χ0) is 20.6. The lowest BCUT2D eigenvalue weighted by Gasteiger charge is -2.23. The maximum atomic E-state index is 15.1. The summed E-state index contributed by atoms with van der Waals surface area (Å²) in [6.07, 6.45) is -0.192. The summed E-state index contributed by atoms with van der Waals surface area (Å²) in [7, 11) is 0. The molecule has 2 amide bonds. The van der Waals surface area contributed by atoms with Gasteiger partial charge in [-0.1, -0.05) is 0 Å². The van der Waals surface area contributed by atoms with Gasteiger partial charge in [-0.25, -0.2) is 13.6 Å². The summed E-state index contributed by atoms with van der Waals surface area (Å²) in [5.41, 5.74) is 1.05. The number of hydrogen-bond donors (Lipinski definition) is 1. The van der Waals surface area contributed by atoms with Gasteiger partial charge in [0, 0.05) is 18.3 Å². The minimum absolute atomic E-state index is 0.204. The zero-order valence-electron chi connectivity index (χ0n) is 15.7. The van der Waals surface area contributed by atoms with Gasteiger partial charge in [0.1, 0.15) is 6.10 Å². The molecule has 2 aliphatic heterocycles. The number of carbonyl (C=O) groups is 2. The van der Waals surface area contributed by atoms with Crippen LogP contribution in [0.2, 0.25) is 0 Å². The average Bonchev–Trinajstić information content (AvgIpc) is 3.40. The number of rotatable bonds is 5. The van der Waals surface area contributed by atoms with Gasteiger partial charge in [-0.15, -0.1) is 4.80 Å². The molecule has 3 atom stereocenters. The Hall–Kier alpha value is -3.24. The van der Waals surface area contributed by atoms with Crippen LogP contribution in [0.4, 0.5) is 25.0 Å². The highest BCUT2D eigenvalue weighted by atomic mass is 19.2. The van der Waals surface area contributed by atoms with E-state index >= 15 is 4.39 Å². The van der Waals surface area contributed by atoms with E-state index in [4.69, 9.17) is 4.74 Å². The Bertz CT molecular complexity index is 894. The number of halogens is 2. The van der Waals surface area contributed by atoms with E-state index < -0.39 is 24.3 Å². The number of ether oxygens (including phenoxy) is 1. The predicted octanol–water partition coefficient (Wildman–Crippen LogP) is 1.57. The Morgan fingerprint density at radius 3 is 2.59 bits per heavy atom. The Balaban J connectivity index is 1.44. The first-order chi connectivity index (χ1) is 13.9. The van der Waals surface area contributed by atoms with Crippen molar-refractivity contribution in [1.82, 2.24) is 20.3 Å². The SMILES string of the molecule is CC(=O)NC[C@H]1CN(c2ccc(N3CC(F)(n4nccn4)CC3F)cc2)C(=O)O1. The van der Waals surface area contributed by atoms with Gasteiger partial charge in [-0.05, 0) is 24.3 Å². The summed E-state index contributed by atoms with van der Waals surface area (Å²) in [6, 6.07) is 6.54.